The maximum atomic E-state index is 12.4. The first-order valence-electron chi connectivity index (χ1n) is 6.46. The van der Waals surface area contributed by atoms with Gasteiger partial charge >= 0.3 is 0 Å². The molecule has 5 heteroatoms. The molecular weight excluding hydrogens is 272 g/mol. The summed E-state index contributed by atoms with van der Waals surface area (Å²) in [6.45, 7) is 0.679. The molecule has 1 aliphatic heterocycles. The Labute approximate surface area is 121 Å². The average molecular weight is 286 g/mol. The number of furan rings is 1. The Bertz CT molecular complexity index is 608. The standard InChI is InChI=1S/C15H14N2O2S/c18-14(13-8-4-10-19-13)17-9-5-11-20-15(17)16-12-6-2-1-3-7-12/h1-4,6-8,10H,5,9,11H2. The second-order valence-corrected chi connectivity index (χ2v) is 5.43. The van der Waals surface area contributed by atoms with Crippen LogP contribution in [0.25, 0.3) is 0 Å². The van der Waals surface area contributed by atoms with Gasteiger partial charge in [-0.1, -0.05) is 30.0 Å². The van der Waals surface area contributed by atoms with Crippen LogP contribution in [0.1, 0.15) is 17.0 Å². The lowest BCUT2D eigenvalue weighted by atomic mass is 10.3. The summed E-state index contributed by atoms with van der Waals surface area (Å²) in [5.41, 5.74) is 0.856. The van der Waals surface area contributed by atoms with Crippen molar-refractivity contribution in [2.24, 2.45) is 4.99 Å². The van der Waals surface area contributed by atoms with Crippen LogP contribution in [-0.4, -0.2) is 28.3 Å². The van der Waals surface area contributed by atoms with E-state index in [4.69, 9.17) is 4.42 Å². The molecule has 0 unspecified atom stereocenters. The minimum atomic E-state index is -0.128. The summed E-state index contributed by atoms with van der Waals surface area (Å²) in [4.78, 5) is 18.7. The molecule has 4 nitrogen and oxygen atoms in total. The van der Waals surface area contributed by atoms with E-state index in [1.807, 2.05) is 30.3 Å². The van der Waals surface area contributed by atoms with Crippen LogP contribution < -0.4 is 0 Å². The quantitative estimate of drug-likeness (QED) is 0.848. The topological polar surface area (TPSA) is 45.8 Å². The second-order valence-electron chi connectivity index (χ2n) is 4.37. The number of hydrogen-bond acceptors (Lipinski definition) is 4. The third-order valence-electron chi connectivity index (χ3n) is 2.95. The van der Waals surface area contributed by atoms with Crippen molar-refractivity contribution in [3.63, 3.8) is 0 Å². The van der Waals surface area contributed by atoms with Gasteiger partial charge in [-0.05, 0) is 30.7 Å². The molecule has 1 aromatic carbocycles. The molecule has 1 amide bonds. The summed E-state index contributed by atoms with van der Waals surface area (Å²) in [6, 6.07) is 13.1. The van der Waals surface area contributed by atoms with E-state index in [0.717, 1.165) is 23.0 Å². The van der Waals surface area contributed by atoms with E-state index in [9.17, 15) is 4.79 Å². The maximum absolute atomic E-state index is 12.4. The van der Waals surface area contributed by atoms with Crippen molar-refractivity contribution in [3.8, 4) is 0 Å². The number of amides is 1. The van der Waals surface area contributed by atoms with Gasteiger partial charge in [-0.3, -0.25) is 9.69 Å². The fourth-order valence-corrected chi connectivity index (χ4v) is 2.94. The number of rotatable bonds is 2. The fourth-order valence-electron chi connectivity index (χ4n) is 1.99. The van der Waals surface area contributed by atoms with Crippen molar-refractivity contribution in [1.82, 2.24) is 4.90 Å². The summed E-state index contributed by atoms with van der Waals surface area (Å²) in [6.07, 6.45) is 2.48. The summed E-state index contributed by atoms with van der Waals surface area (Å²) in [5.74, 6) is 1.21. The lowest BCUT2D eigenvalue weighted by molar-refractivity contribution is 0.0819. The Hall–Kier alpha value is -2.01. The lowest BCUT2D eigenvalue weighted by Crippen LogP contribution is -2.39. The van der Waals surface area contributed by atoms with Gasteiger partial charge in [0, 0.05) is 12.3 Å². The van der Waals surface area contributed by atoms with Crippen molar-refractivity contribution in [2.75, 3.05) is 12.3 Å². The largest absolute Gasteiger partial charge is 0.459 e. The van der Waals surface area contributed by atoms with E-state index in [-0.39, 0.29) is 5.91 Å². The normalized spacial score (nSPS) is 17.4. The minimum absolute atomic E-state index is 0.128. The monoisotopic (exact) mass is 286 g/mol. The van der Waals surface area contributed by atoms with Gasteiger partial charge in [0.05, 0.1) is 12.0 Å². The molecule has 0 atom stereocenters. The summed E-state index contributed by atoms with van der Waals surface area (Å²) < 4.78 is 5.19. The predicted molar refractivity (Wildman–Crippen MR) is 80.4 cm³/mol. The van der Waals surface area contributed by atoms with E-state index in [2.05, 4.69) is 4.99 Å². The van der Waals surface area contributed by atoms with Crippen LogP contribution in [0.4, 0.5) is 5.69 Å². The van der Waals surface area contributed by atoms with E-state index < -0.39 is 0 Å². The molecule has 20 heavy (non-hydrogen) atoms. The van der Waals surface area contributed by atoms with Crippen molar-refractivity contribution in [2.45, 2.75) is 6.42 Å². The highest BCUT2D eigenvalue weighted by atomic mass is 32.2. The van der Waals surface area contributed by atoms with E-state index in [0.29, 0.717) is 12.3 Å². The maximum Gasteiger partial charge on any atom is 0.295 e. The Morgan fingerprint density at radius 1 is 1.20 bits per heavy atom. The van der Waals surface area contributed by atoms with Gasteiger partial charge < -0.3 is 4.42 Å². The first-order chi connectivity index (χ1) is 9.84. The van der Waals surface area contributed by atoms with Gasteiger partial charge in [0.2, 0.25) is 0 Å². The molecule has 0 spiro atoms. The lowest BCUT2D eigenvalue weighted by Gasteiger charge is -2.26. The molecule has 1 aliphatic rings. The fraction of sp³-hybridized carbons (Fsp3) is 0.200. The van der Waals surface area contributed by atoms with Gasteiger partial charge in [0.15, 0.2) is 10.9 Å². The number of carbonyl (C=O) groups is 1. The molecule has 0 saturated carbocycles. The average Bonchev–Trinajstić information content (AvgIpc) is 3.02. The van der Waals surface area contributed by atoms with Gasteiger partial charge in [0.25, 0.3) is 5.91 Å². The number of aliphatic imine (C=N–C) groups is 1. The number of nitrogens with zero attached hydrogens (tertiary/aromatic N) is 2. The van der Waals surface area contributed by atoms with E-state index in [1.165, 1.54) is 6.26 Å². The van der Waals surface area contributed by atoms with Gasteiger partial charge in [0.1, 0.15) is 0 Å². The Morgan fingerprint density at radius 2 is 2.05 bits per heavy atom. The zero-order valence-electron chi connectivity index (χ0n) is 10.9. The molecule has 1 fully saturated rings. The first-order valence-corrected chi connectivity index (χ1v) is 7.45. The Balaban J connectivity index is 1.88. The van der Waals surface area contributed by atoms with Gasteiger partial charge in [-0.15, -0.1) is 0 Å². The highest BCUT2D eigenvalue weighted by Crippen LogP contribution is 2.23. The van der Waals surface area contributed by atoms with Crippen molar-refractivity contribution >= 4 is 28.5 Å². The van der Waals surface area contributed by atoms with Crippen molar-refractivity contribution < 1.29 is 9.21 Å². The molecule has 1 saturated heterocycles. The zero-order valence-corrected chi connectivity index (χ0v) is 11.7. The predicted octanol–water partition coefficient (Wildman–Crippen LogP) is 3.55. The van der Waals surface area contributed by atoms with Crippen molar-refractivity contribution in [3.05, 3.63) is 54.5 Å². The highest BCUT2D eigenvalue weighted by Gasteiger charge is 2.26. The molecule has 0 radical (unpaired) electrons. The summed E-state index contributed by atoms with van der Waals surface area (Å²) in [7, 11) is 0. The molecule has 0 aliphatic carbocycles. The number of para-hydroxylation sites is 1. The number of benzene rings is 1. The molecule has 3 rings (SSSR count). The molecule has 1 aromatic heterocycles. The van der Waals surface area contributed by atoms with Crippen LogP contribution in [0.2, 0.25) is 0 Å². The third kappa shape index (κ3) is 2.77. The number of thioether (sulfide) groups is 1. The summed E-state index contributed by atoms with van der Waals surface area (Å²) >= 11 is 1.61. The van der Waals surface area contributed by atoms with Crippen molar-refractivity contribution in [1.29, 1.82) is 0 Å². The Morgan fingerprint density at radius 3 is 2.80 bits per heavy atom. The number of hydrogen-bond donors (Lipinski definition) is 0. The van der Waals surface area contributed by atoms with Crippen LogP contribution in [0.15, 0.2) is 58.1 Å². The highest BCUT2D eigenvalue weighted by molar-refractivity contribution is 8.13. The smallest absolute Gasteiger partial charge is 0.295 e. The van der Waals surface area contributed by atoms with Gasteiger partial charge in [-0.2, -0.15) is 0 Å². The van der Waals surface area contributed by atoms with Gasteiger partial charge in [-0.25, -0.2) is 4.99 Å². The molecule has 0 bridgehead atoms. The number of carbonyl (C=O) groups excluding carboxylic acids is 1. The van der Waals surface area contributed by atoms with E-state index >= 15 is 0 Å². The Kier molecular flexibility index (Phi) is 3.87. The SMILES string of the molecule is O=C(c1ccco1)N1CCCSC1=Nc1ccccc1. The first kappa shape index (κ1) is 13.0. The third-order valence-corrected chi connectivity index (χ3v) is 4.01. The number of amidine groups is 1. The van der Waals surface area contributed by atoms with Crippen LogP contribution in [0.3, 0.4) is 0 Å². The second kappa shape index (κ2) is 5.96. The van der Waals surface area contributed by atoms with Crippen LogP contribution in [0, 0.1) is 0 Å². The zero-order chi connectivity index (χ0) is 13.8. The van der Waals surface area contributed by atoms with Crippen LogP contribution in [0.5, 0.6) is 0 Å². The molecule has 2 aromatic rings. The minimum Gasteiger partial charge on any atom is -0.459 e. The molecule has 102 valence electrons. The van der Waals surface area contributed by atoms with E-state index in [1.54, 1.807) is 28.8 Å². The van der Waals surface area contributed by atoms with Crippen LogP contribution >= 0.6 is 11.8 Å². The van der Waals surface area contributed by atoms with Crippen LogP contribution in [-0.2, 0) is 0 Å². The summed E-state index contributed by atoms with van der Waals surface area (Å²) in [5, 5.41) is 0.740. The molecule has 0 N–H and O–H groups in total. The molecular formula is C15H14N2O2S. The molecule has 2 heterocycles.